The summed E-state index contributed by atoms with van der Waals surface area (Å²) in [6.07, 6.45) is 1.77. The Hall–Kier alpha value is -3.60. The summed E-state index contributed by atoms with van der Waals surface area (Å²) in [5.41, 5.74) is 8.11. The summed E-state index contributed by atoms with van der Waals surface area (Å²) in [4.78, 5) is 12.5. The minimum Gasteiger partial charge on any atom is -0.457 e. The third-order valence-electron chi connectivity index (χ3n) is 4.43. The first kappa shape index (κ1) is 16.8. The molecule has 0 radical (unpaired) electrons. The van der Waals surface area contributed by atoms with Crippen LogP contribution in [0.3, 0.4) is 0 Å². The van der Waals surface area contributed by atoms with E-state index >= 15 is 0 Å². The normalized spacial score (nSPS) is 10.9. The molecule has 0 bridgehead atoms. The van der Waals surface area contributed by atoms with Gasteiger partial charge in [-0.15, -0.1) is 0 Å². The highest BCUT2D eigenvalue weighted by molar-refractivity contribution is 5.97. The molecule has 0 fully saturated rings. The number of anilines is 1. The monoisotopic (exact) mass is 360 g/mol. The Morgan fingerprint density at radius 3 is 2.37 bits per heavy atom. The van der Waals surface area contributed by atoms with Crippen LogP contribution in [0.2, 0.25) is 0 Å². The molecule has 2 N–H and O–H groups in total. The topological polar surface area (TPSA) is 57.2 Å². The minimum atomic E-state index is -0.330. The molecule has 0 aliphatic heterocycles. The predicted octanol–water partition coefficient (Wildman–Crippen LogP) is 4.72. The Labute approximate surface area is 155 Å². The summed E-state index contributed by atoms with van der Waals surface area (Å²) in [5, 5.41) is 1.43. The molecular formula is C22H17FN2O2. The standard InChI is InChI=1S/C22H17FN2O2/c1-25-13-20(17-4-2-3-5-18(17)22(25)26)19-12-15(24)8-11-21(19)27-16-9-6-14(23)7-10-16/h2-13H,24H2,1H3. The van der Waals surface area contributed by atoms with Crippen LogP contribution < -0.4 is 16.0 Å². The lowest BCUT2D eigenvalue weighted by Crippen LogP contribution is -2.16. The quantitative estimate of drug-likeness (QED) is 0.538. The van der Waals surface area contributed by atoms with Crippen molar-refractivity contribution in [1.82, 2.24) is 4.57 Å². The van der Waals surface area contributed by atoms with Gasteiger partial charge in [-0.25, -0.2) is 4.39 Å². The maximum Gasteiger partial charge on any atom is 0.258 e. The van der Waals surface area contributed by atoms with Gasteiger partial charge in [-0.1, -0.05) is 18.2 Å². The van der Waals surface area contributed by atoms with Crippen molar-refractivity contribution in [3.63, 3.8) is 0 Å². The first-order valence-electron chi connectivity index (χ1n) is 8.44. The van der Waals surface area contributed by atoms with E-state index in [-0.39, 0.29) is 11.4 Å². The van der Waals surface area contributed by atoms with E-state index in [1.54, 1.807) is 48.1 Å². The minimum absolute atomic E-state index is 0.0701. The van der Waals surface area contributed by atoms with E-state index < -0.39 is 0 Å². The number of halogens is 1. The van der Waals surface area contributed by atoms with E-state index in [4.69, 9.17) is 10.5 Å². The van der Waals surface area contributed by atoms with Gasteiger partial charge >= 0.3 is 0 Å². The number of aryl methyl sites for hydroxylation is 1. The molecule has 0 saturated heterocycles. The largest absolute Gasteiger partial charge is 0.457 e. The summed E-state index contributed by atoms with van der Waals surface area (Å²) in [6.45, 7) is 0. The third-order valence-corrected chi connectivity index (χ3v) is 4.43. The van der Waals surface area contributed by atoms with Crippen LogP contribution in [0.1, 0.15) is 0 Å². The lowest BCUT2D eigenvalue weighted by Gasteiger charge is -2.15. The van der Waals surface area contributed by atoms with Crippen LogP contribution in [0.5, 0.6) is 11.5 Å². The first-order valence-corrected chi connectivity index (χ1v) is 8.44. The molecule has 0 atom stereocenters. The third kappa shape index (κ3) is 3.15. The van der Waals surface area contributed by atoms with Crippen molar-refractivity contribution in [3.05, 3.63) is 89.1 Å². The van der Waals surface area contributed by atoms with E-state index in [1.165, 1.54) is 12.1 Å². The zero-order chi connectivity index (χ0) is 19.0. The van der Waals surface area contributed by atoms with Gasteiger partial charge in [0.25, 0.3) is 5.56 Å². The molecule has 4 aromatic rings. The summed E-state index contributed by atoms with van der Waals surface area (Å²) >= 11 is 0. The fourth-order valence-electron chi connectivity index (χ4n) is 3.11. The molecule has 4 nitrogen and oxygen atoms in total. The Balaban J connectivity index is 1.93. The van der Waals surface area contributed by atoms with Gasteiger partial charge in [0.1, 0.15) is 17.3 Å². The molecule has 0 amide bonds. The molecule has 27 heavy (non-hydrogen) atoms. The molecule has 1 heterocycles. The molecule has 5 heteroatoms. The Kier molecular flexibility index (Phi) is 4.12. The maximum absolute atomic E-state index is 13.2. The molecule has 3 aromatic carbocycles. The van der Waals surface area contributed by atoms with Crippen molar-refractivity contribution in [1.29, 1.82) is 0 Å². The van der Waals surface area contributed by atoms with E-state index in [0.29, 0.717) is 22.6 Å². The summed E-state index contributed by atoms with van der Waals surface area (Å²) in [5.74, 6) is 0.750. The smallest absolute Gasteiger partial charge is 0.258 e. The number of aromatic nitrogens is 1. The van der Waals surface area contributed by atoms with E-state index in [1.807, 2.05) is 24.3 Å². The average Bonchev–Trinajstić information content (AvgIpc) is 2.68. The van der Waals surface area contributed by atoms with Crippen molar-refractivity contribution in [2.75, 3.05) is 5.73 Å². The van der Waals surface area contributed by atoms with Crippen LogP contribution in [0.15, 0.2) is 77.7 Å². The van der Waals surface area contributed by atoms with Crippen molar-refractivity contribution in [2.24, 2.45) is 7.05 Å². The molecule has 0 saturated carbocycles. The number of hydrogen-bond donors (Lipinski definition) is 1. The van der Waals surface area contributed by atoms with Crippen LogP contribution in [0, 0.1) is 5.82 Å². The number of hydrogen-bond acceptors (Lipinski definition) is 3. The predicted molar refractivity (Wildman–Crippen MR) is 106 cm³/mol. The highest BCUT2D eigenvalue weighted by atomic mass is 19.1. The molecule has 134 valence electrons. The number of nitrogens with two attached hydrogens (primary N) is 1. The van der Waals surface area contributed by atoms with Crippen LogP contribution in [-0.2, 0) is 7.05 Å². The summed E-state index contributed by atoms with van der Waals surface area (Å²) < 4.78 is 20.7. The molecular weight excluding hydrogens is 343 g/mol. The number of rotatable bonds is 3. The SMILES string of the molecule is Cn1cc(-c2cc(N)ccc2Oc2ccc(F)cc2)c2ccccc2c1=O. The molecule has 0 aliphatic carbocycles. The highest BCUT2D eigenvalue weighted by Crippen LogP contribution is 2.37. The van der Waals surface area contributed by atoms with Crippen LogP contribution in [0.4, 0.5) is 10.1 Å². The maximum atomic E-state index is 13.2. The van der Waals surface area contributed by atoms with Crippen molar-refractivity contribution in [3.8, 4) is 22.6 Å². The number of pyridine rings is 1. The van der Waals surface area contributed by atoms with Crippen LogP contribution in [-0.4, -0.2) is 4.57 Å². The van der Waals surface area contributed by atoms with Crippen molar-refractivity contribution in [2.45, 2.75) is 0 Å². The van der Waals surface area contributed by atoms with Gasteiger partial charge in [0.2, 0.25) is 0 Å². The molecule has 0 aliphatic rings. The fourth-order valence-corrected chi connectivity index (χ4v) is 3.11. The Morgan fingerprint density at radius 2 is 1.63 bits per heavy atom. The summed E-state index contributed by atoms with van der Waals surface area (Å²) in [7, 11) is 1.71. The second-order valence-electron chi connectivity index (χ2n) is 6.32. The van der Waals surface area contributed by atoms with Crippen molar-refractivity contribution >= 4 is 16.5 Å². The second kappa shape index (κ2) is 6.61. The molecule has 0 spiro atoms. The zero-order valence-electron chi connectivity index (χ0n) is 14.6. The average molecular weight is 360 g/mol. The van der Waals surface area contributed by atoms with Gasteiger partial charge < -0.3 is 15.0 Å². The number of fused-ring (bicyclic) bond motifs is 1. The number of ether oxygens (including phenoxy) is 1. The van der Waals surface area contributed by atoms with Crippen LogP contribution >= 0.6 is 0 Å². The number of benzene rings is 3. The first-order chi connectivity index (χ1) is 13.0. The van der Waals surface area contributed by atoms with Gasteiger partial charge in [0.15, 0.2) is 0 Å². The van der Waals surface area contributed by atoms with E-state index in [0.717, 1.165) is 16.5 Å². The van der Waals surface area contributed by atoms with Gasteiger partial charge in [0.05, 0.1) is 0 Å². The second-order valence-corrected chi connectivity index (χ2v) is 6.32. The Bertz CT molecular complexity index is 1200. The zero-order valence-corrected chi connectivity index (χ0v) is 14.6. The van der Waals surface area contributed by atoms with Gasteiger partial charge in [-0.3, -0.25) is 4.79 Å². The molecule has 1 aromatic heterocycles. The molecule has 0 unspecified atom stereocenters. The lowest BCUT2D eigenvalue weighted by atomic mass is 9.99. The van der Waals surface area contributed by atoms with Gasteiger partial charge in [0, 0.05) is 35.4 Å². The van der Waals surface area contributed by atoms with Gasteiger partial charge in [-0.05, 0) is 53.9 Å². The van der Waals surface area contributed by atoms with Crippen molar-refractivity contribution < 1.29 is 9.13 Å². The summed E-state index contributed by atoms with van der Waals surface area (Å²) in [6, 6.07) is 18.6. The highest BCUT2D eigenvalue weighted by Gasteiger charge is 2.14. The Morgan fingerprint density at radius 1 is 0.926 bits per heavy atom. The van der Waals surface area contributed by atoms with E-state index in [2.05, 4.69) is 0 Å². The number of nitrogen functional groups attached to an aromatic ring is 1. The fraction of sp³-hybridized carbons (Fsp3) is 0.0455. The van der Waals surface area contributed by atoms with Gasteiger partial charge in [-0.2, -0.15) is 0 Å². The van der Waals surface area contributed by atoms with E-state index in [9.17, 15) is 9.18 Å². The number of nitrogens with zero attached hydrogens (tertiary/aromatic N) is 1. The van der Waals surface area contributed by atoms with Crippen LogP contribution in [0.25, 0.3) is 21.9 Å². The lowest BCUT2D eigenvalue weighted by molar-refractivity contribution is 0.482. The molecule has 4 rings (SSSR count).